The molecule has 1 unspecified atom stereocenters. The number of hydrogen-bond acceptors (Lipinski definition) is 2. The van der Waals surface area contributed by atoms with Gasteiger partial charge in [0.15, 0.2) is 6.10 Å². The van der Waals surface area contributed by atoms with E-state index in [1.165, 1.54) is 7.11 Å². The summed E-state index contributed by atoms with van der Waals surface area (Å²) in [4.78, 5) is 10.6. The maximum Gasteiger partial charge on any atom is 0.333 e. The lowest BCUT2D eigenvalue weighted by Crippen LogP contribution is -2.24. The van der Waals surface area contributed by atoms with Crippen molar-refractivity contribution >= 4 is 5.97 Å². The SMILES string of the molecule is COC(Cc1ccccc1)C(=O)O. The summed E-state index contributed by atoms with van der Waals surface area (Å²) >= 11 is 0. The molecule has 0 aliphatic heterocycles. The Hall–Kier alpha value is -1.35. The Morgan fingerprint density at radius 2 is 2.08 bits per heavy atom. The summed E-state index contributed by atoms with van der Waals surface area (Å²) in [5.41, 5.74) is 0.969. The quantitative estimate of drug-likeness (QED) is 0.760. The van der Waals surface area contributed by atoms with Crippen LogP contribution in [0.4, 0.5) is 0 Å². The molecule has 1 aromatic carbocycles. The fourth-order valence-corrected chi connectivity index (χ4v) is 1.10. The molecule has 0 aliphatic rings. The summed E-state index contributed by atoms with van der Waals surface area (Å²) in [6.07, 6.45) is -0.338. The topological polar surface area (TPSA) is 46.5 Å². The van der Waals surface area contributed by atoms with Gasteiger partial charge in [-0.05, 0) is 5.56 Å². The highest BCUT2D eigenvalue weighted by atomic mass is 16.5. The summed E-state index contributed by atoms with van der Waals surface area (Å²) in [5.74, 6) is -0.925. The smallest absolute Gasteiger partial charge is 0.333 e. The number of aliphatic carboxylic acids is 1. The minimum absolute atomic E-state index is 0.409. The van der Waals surface area contributed by atoms with Crippen LogP contribution in [-0.4, -0.2) is 24.3 Å². The predicted molar refractivity (Wildman–Crippen MR) is 48.6 cm³/mol. The number of carboxylic acid groups (broad SMARTS) is 1. The van der Waals surface area contributed by atoms with Gasteiger partial charge in [0.05, 0.1) is 0 Å². The molecule has 3 nitrogen and oxygen atoms in total. The van der Waals surface area contributed by atoms with E-state index in [1.807, 2.05) is 30.3 Å². The molecular weight excluding hydrogens is 168 g/mol. The standard InChI is InChI=1S/C10H12O3/c1-13-9(10(11)12)7-8-5-3-2-4-6-8/h2-6,9H,7H2,1H3,(H,11,12). The monoisotopic (exact) mass is 180 g/mol. The maximum absolute atomic E-state index is 10.6. The molecule has 1 aromatic rings. The van der Waals surface area contributed by atoms with Crippen molar-refractivity contribution in [1.29, 1.82) is 0 Å². The van der Waals surface area contributed by atoms with Crippen LogP contribution in [0.5, 0.6) is 0 Å². The highest BCUT2D eigenvalue weighted by Gasteiger charge is 2.16. The molecule has 70 valence electrons. The minimum Gasteiger partial charge on any atom is -0.479 e. The van der Waals surface area contributed by atoms with Crippen molar-refractivity contribution in [2.24, 2.45) is 0 Å². The zero-order valence-electron chi connectivity index (χ0n) is 7.43. The molecule has 0 aliphatic carbocycles. The number of methoxy groups -OCH3 is 1. The molecule has 0 fully saturated rings. The van der Waals surface area contributed by atoms with E-state index in [4.69, 9.17) is 9.84 Å². The van der Waals surface area contributed by atoms with Gasteiger partial charge in [0.2, 0.25) is 0 Å². The molecule has 0 amide bonds. The first kappa shape index (κ1) is 9.74. The van der Waals surface area contributed by atoms with Crippen molar-refractivity contribution in [2.45, 2.75) is 12.5 Å². The summed E-state index contributed by atoms with van der Waals surface area (Å²) in [7, 11) is 1.40. The number of carbonyl (C=O) groups is 1. The predicted octanol–water partition coefficient (Wildman–Crippen LogP) is 1.33. The van der Waals surface area contributed by atoms with Gasteiger partial charge in [-0.3, -0.25) is 0 Å². The zero-order chi connectivity index (χ0) is 9.68. The lowest BCUT2D eigenvalue weighted by Gasteiger charge is -2.09. The van der Waals surface area contributed by atoms with Crippen molar-refractivity contribution in [2.75, 3.05) is 7.11 Å². The largest absolute Gasteiger partial charge is 0.479 e. The Kier molecular flexibility index (Phi) is 3.46. The van der Waals surface area contributed by atoms with E-state index in [0.717, 1.165) is 5.56 Å². The molecular formula is C10H12O3. The third-order valence-electron chi connectivity index (χ3n) is 1.82. The van der Waals surface area contributed by atoms with Gasteiger partial charge in [0.25, 0.3) is 0 Å². The van der Waals surface area contributed by atoms with Crippen LogP contribution in [0, 0.1) is 0 Å². The first-order chi connectivity index (χ1) is 6.24. The summed E-state index contributed by atoms with van der Waals surface area (Å²) in [6, 6.07) is 9.42. The van der Waals surface area contributed by atoms with Gasteiger partial charge in [0.1, 0.15) is 0 Å². The second-order valence-corrected chi connectivity index (χ2v) is 2.75. The molecule has 0 aromatic heterocycles. The van der Waals surface area contributed by atoms with E-state index in [-0.39, 0.29) is 0 Å². The van der Waals surface area contributed by atoms with Crippen LogP contribution in [0.2, 0.25) is 0 Å². The van der Waals surface area contributed by atoms with Gasteiger partial charge in [-0.1, -0.05) is 30.3 Å². The second kappa shape index (κ2) is 4.62. The molecule has 1 atom stereocenters. The second-order valence-electron chi connectivity index (χ2n) is 2.75. The fourth-order valence-electron chi connectivity index (χ4n) is 1.10. The van der Waals surface area contributed by atoms with E-state index in [9.17, 15) is 4.79 Å². The van der Waals surface area contributed by atoms with Crippen LogP contribution in [0.3, 0.4) is 0 Å². The Morgan fingerprint density at radius 3 is 2.54 bits per heavy atom. The molecule has 0 bridgehead atoms. The highest BCUT2D eigenvalue weighted by molar-refractivity contribution is 5.72. The molecule has 0 heterocycles. The van der Waals surface area contributed by atoms with Crippen molar-refractivity contribution < 1.29 is 14.6 Å². The van der Waals surface area contributed by atoms with Crippen molar-refractivity contribution in [1.82, 2.24) is 0 Å². The maximum atomic E-state index is 10.6. The van der Waals surface area contributed by atoms with E-state index in [2.05, 4.69) is 0 Å². The molecule has 1 rings (SSSR count). The third-order valence-corrected chi connectivity index (χ3v) is 1.82. The van der Waals surface area contributed by atoms with Gasteiger partial charge in [0, 0.05) is 13.5 Å². The van der Waals surface area contributed by atoms with E-state index >= 15 is 0 Å². The third kappa shape index (κ3) is 2.87. The summed E-state index contributed by atoms with van der Waals surface area (Å²) in [5, 5.41) is 8.71. The zero-order valence-corrected chi connectivity index (χ0v) is 7.43. The van der Waals surface area contributed by atoms with Crippen molar-refractivity contribution in [3.05, 3.63) is 35.9 Å². The fraction of sp³-hybridized carbons (Fsp3) is 0.300. The van der Waals surface area contributed by atoms with Gasteiger partial charge in [-0.15, -0.1) is 0 Å². The van der Waals surface area contributed by atoms with E-state index < -0.39 is 12.1 Å². The molecule has 3 heteroatoms. The van der Waals surface area contributed by atoms with Gasteiger partial charge in [-0.2, -0.15) is 0 Å². The number of ether oxygens (including phenoxy) is 1. The summed E-state index contributed by atoms with van der Waals surface area (Å²) in [6.45, 7) is 0. The average Bonchev–Trinajstić information content (AvgIpc) is 2.15. The van der Waals surface area contributed by atoms with Gasteiger partial charge >= 0.3 is 5.97 Å². The molecule has 0 radical (unpaired) electrons. The molecule has 0 saturated carbocycles. The first-order valence-corrected chi connectivity index (χ1v) is 4.03. The van der Waals surface area contributed by atoms with Gasteiger partial charge in [-0.25, -0.2) is 4.79 Å². The van der Waals surface area contributed by atoms with Crippen LogP contribution in [0.1, 0.15) is 5.56 Å². The molecule has 13 heavy (non-hydrogen) atoms. The number of carboxylic acids is 1. The molecule has 0 saturated heterocycles. The lowest BCUT2D eigenvalue weighted by atomic mass is 10.1. The molecule has 1 N–H and O–H groups in total. The number of hydrogen-bond donors (Lipinski definition) is 1. The van der Waals surface area contributed by atoms with Crippen molar-refractivity contribution in [3.8, 4) is 0 Å². The normalized spacial score (nSPS) is 12.4. The van der Waals surface area contributed by atoms with E-state index in [1.54, 1.807) is 0 Å². The lowest BCUT2D eigenvalue weighted by molar-refractivity contribution is -0.148. The Morgan fingerprint density at radius 1 is 1.46 bits per heavy atom. The summed E-state index contributed by atoms with van der Waals surface area (Å²) < 4.78 is 4.82. The first-order valence-electron chi connectivity index (χ1n) is 4.03. The van der Waals surface area contributed by atoms with Crippen LogP contribution in [0.25, 0.3) is 0 Å². The van der Waals surface area contributed by atoms with Crippen molar-refractivity contribution in [3.63, 3.8) is 0 Å². The average molecular weight is 180 g/mol. The van der Waals surface area contributed by atoms with E-state index in [0.29, 0.717) is 6.42 Å². The van der Waals surface area contributed by atoms with Crippen LogP contribution in [0.15, 0.2) is 30.3 Å². The van der Waals surface area contributed by atoms with Crippen LogP contribution < -0.4 is 0 Å². The molecule has 0 spiro atoms. The number of benzene rings is 1. The van der Waals surface area contributed by atoms with Gasteiger partial charge < -0.3 is 9.84 Å². The minimum atomic E-state index is -0.925. The number of rotatable bonds is 4. The highest BCUT2D eigenvalue weighted by Crippen LogP contribution is 2.05. The Bertz CT molecular complexity index is 269. The van der Waals surface area contributed by atoms with Crippen LogP contribution in [-0.2, 0) is 16.0 Å². The van der Waals surface area contributed by atoms with Crippen LogP contribution >= 0.6 is 0 Å². The Balaban J connectivity index is 2.62. The Labute approximate surface area is 77.0 Å².